The van der Waals surface area contributed by atoms with Crippen molar-refractivity contribution in [2.75, 3.05) is 0 Å². The summed E-state index contributed by atoms with van der Waals surface area (Å²) in [6, 6.07) is 0. The SMILES string of the molecule is CCCCCCC1C(Cl)(Cl)C1(Cl)Cl. The summed E-state index contributed by atoms with van der Waals surface area (Å²) < 4.78 is -1.83. The molecule has 0 heterocycles. The summed E-state index contributed by atoms with van der Waals surface area (Å²) in [5.74, 6) is 0.0449. The van der Waals surface area contributed by atoms with Crippen LogP contribution >= 0.6 is 46.4 Å². The van der Waals surface area contributed by atoms with E-state index in [1.54, 1.807) is 0 Å². The molecule has 0 aromatic heterocycles. The van der Waals surface area contributed by atoms with Gasteiger partial charge in [-0.05, 0) is 6.42 Å². The molecule has 1 fully saturated rings. The molecule has 0 aliphatic heterocycles. The molecule has 0 radical (unpaired) electrons. The van der Waals surface area contributed by atoms with E-state index >= 15 is 0 Å². The first-order valence-corrected chi connectivity index (χ1v) is 6.21. The van der Waals surface area contributed by atoms with Crippen molar-refractivity contribution in [1.29, 1.82) is 0 Å². The monoisotopic (exact) mass is 262 g/mol. The van der Waals surface area contributed by atoms with Crippen molar-refractivity contribution in [2.45, 2.75) is 47.7 Å². The lowest BCUT2D eigenvalue weighted by Gasteiger charge is -1.98. The Hall–Kier alpha value is 1.16. The first kappa shape index (κ1) is 12.2. The number of hydrogen-bond donors (Lipinski definition) is 0. The molecule has 1 rings (SSSR count). The Balaban J connectivity index is 2.19. The summed E-state index contributed by atoms with van der Waals surface area (Å²) in [5, 5.41) is 0. The zero-order valence-corrected chi connectivity index (χ0v) is 10.6. The summed E-state index contributed by atoms with van der Waals surface area (Å²) in [6.07, 6.45) is 5.73. The molecular formula is C9H14Cl4. The lowest BCUT2D eigenvalue weighted by molar-refractivity contribution is 0.591. The van der Waals surface area contributed by atoms with Crippen molar-refractivity contribution < 1.29 is 0 Å². The largest absolute Gasteiger partial charge is 0.157 e. The third-order valence-electron chi connectivity index (χ3n) is 2.58. The van der Waals surface area contributed by atoms with Crippen molar-refractivity contribution in [2.24, 2.45) is 5.92 Å². The quantitative estimate of drug-likeness (QED) is 0.487. The van der Waals surface area contributed by atoms with Crippen LogP contribution in [-0.2, 0) is 0 Å². The second-order valence-electron chi connectivity index (χ2n) is 3.65. The molecular weight excluding hydrogens is 250 g/mol. The van der Waals surface area contributed by atoms with E-state index in [-0.39, 0.29) is 5.92 Å². The highest BCUT2D eigenvalue weighted by molar-refractivity contribution is 6.68. The predicted octanol–water partition coefficient (Wildman–Crippen LogP) is 4.93. The molecule has 0 unspecified atom stereocenters. The molecule has 1 aliphatic rings. The zero-order valence-electron chi connectivity index (χ0n) is 7.62. The molecule has 0 aromatic rings. The number of hydrogen-bond acceptors (Lipinski definition) is 0. The molecule has 1 aliphatic carbocycles. The first-order valence-electron chi connectivity index (χ1n) is 4.70. The minimum atomic E-state index is -0.914. The molecule has 0 spiro atoms. The zero-order chi connectivity index (χ0) is 10.1. The van der Waals surface area contributed by atoms with Crippen molar-refractivity contribution in [3.8, 4) is 0 Å². The van der Waals surface area contributed by atoms with Gasteiger partial charge in [-0.3, -0.25) is 0 Å². The molecule has 4 heteroatoms. The standard InChI is InChI=1S/C9H14Cl4/c1-2-3-4-5-6-7-8(10,11)9(7,12)13/h7H,2-6H2,1H3. The fraction of sp³-hybridized carbons (Fsp3) is 1.00. The summed E-state index contributed by atoms with van der Waals surface area (Å²) >= 11 is 23.7. The normalized spacial score (nSPS) is 24.7. The molecule has 0 atom stereocenters. The van der Waals surface area contributed by atoms with E-state index in [0.717, 1.165) is 12.8 Å². The van der Waals surface area contributed by atoms with Gasteiger partial charge in [-0.25, -0.2) is 0 Å². The first-order chi connectivity index (χ1) is 5.94. The third-order valence-corrected chi connectivity index (χ3v) is 5.22. The fourth-order valence-electron chi connectivity index (χ4n) is 1.54. The lowest BCUT2D eigenvalue weighted by atomic mass is 10.1. The molecule has 13 heavy (non-hydrogen) atoms. The van der Waals surface area contributed by atoms with Crippen LogP contribution in [0, 0.1) is 5.92 Å². The summed E-state index contributed by atoms with van der Waals surface area (Å²) in [6.45, 7) is 2.18. The molecule has 0 N–H and O–H groups in total. The van der Waals surface area contributed by atoms with Crippen molar-refractivity contribution in [3.05, 3.63) is 0 Å². The highest BCUT2D eigenvalue weighted by atomic mass is 35.5. The van der Waals surface area contributed by atoms with E-state index in [0.29, 0.717) is 0 Å². The Bertz CT molecular complexity index is 162. The van der Waals surface area contributed by atoms with E-state index in [4.69, 9.17) is 46.4 Å². The predicted molar refractivity (Wildman–Crippen MR) is 61.1 cm³/mol. The highest BCUT2D eigenvalue weighted by Gasteiger charge is 2.74. The van der Waals surface area contributed by atoms with Crippen LogP contribution in [0.4, 0.5) is 0 Å². The number of rotatable bonds is 5. The maximum Gasteiger partial charge on any atom is 0.157 e. The highest BCUT2D eigenvalue weighted by Crippen LogP contribution is 2.70. The number of halogens is 4. The van der Waals surface area contributed by atoms with Crippen LogP contribution in [0.5, 0.6) is 0 Å². The van der Waals surface area contributed by atoms with Gasteiger partial charge in [0, 0.05) is 5.92 Å². The van der Waals surface area contributed by atoms with Crippen LogP contribution in [-0.4, -0.2) is 8.67 Å². The smallest absolute Gasteiger partial charge is 0.0978 e. The Morgan fingerprint density at radius 1 is 0.923 bits per heavy atom. The fourth-order valence-corrected chi connectivity index (χ4v) is 3.17. The Kier molecular flexibility index (Phi) is 4.09. The number of unbranched alkanes of at least 4 members (excludes halogenated alkanes) is 3. The van der Waals surface area contributed by atoms with Crippen LogP contribution in [0.1, 0.15) is 39.0 Å². The van der Waals surface area contributed by atoms with Gasteiger partial charge < -0.3 is 0 Å². The van der Waals surface area contributed by atoms with Gasteiger partial charge in [0.25, 0.3) is 0 Å². The summed E-state index contributed by atoms with van der Waals surface area (Å²) in [7, 11) is 0. The molecule has 0 nitrogen and oxygen atoms in total. The van der Waals surface area contributed by atoms with Gasteiger partial charge in [-0.15, -0.1) is 0 Å². The topological polar surface area (TPSA) is 0 Å². The van der Waals surface area contributed by atoms with E-state index in [1.165, 1.54) is 19.3 Å². The summed E-state index contributed by atoms with van der Waals surface area (Å²) in [5.41, 5.74) is 0. The molecule has 78 valence electrons. The van der Waals surface area contributed by atoms with Gasteiger partial charge >= 0.3 is 0 Å². The van der Waals surface area contributed by atoms with E-state index in [1.807, 2.05) is 0 Å². The second-order valence-corrected chi connectivity index (χ2v) is 6.42. The minimum Gasteiger partial charge on any atom is -0.0978 e. The van der Waals surface area contributed by atoms with Crippen molar-refractivity contribution in [1.82, 2.24) is 0 Å². The van der Waals surface area contributed by atoms with Crippen LogP contribution in [0.15, 0.2) is 0 Å². The molecule has 0 bridgehead atoms. The van der Waals surface area contributed by atoms with Crippen LogP contribution in [0.2, 0.25) is 0 Å². The van der Waals surface area contributed by atoms with Crippen LogP contribution < -0.4 is 0 Å². The Morgan fingerprint density at radius 2 is 1.46 bits per heavy atom. The van der Waals surface area contributed by atoms with Crippen LogP contribution in [0.25, 0.3) is 0 Å². The lowest BCUT2D eigenvalue weighted by Crippen LogP contribution is -1.96. The molecule has 1 saturated carbocycles. The third kappa shape index (κ3) is 2.40. The van der Waals surface area contributed by atoms with Gasteiger partial charge in [-0.2, -0.15) is 0 Å². The van der Waals surface area contributed by atoms with Gasteiger partial charge in [-0.1, -0.05) is 79.0 Å². The molecule has 0 saturated heterocycles. The second kappa shape index (κ2) is 4.35. The van der Waals surface area contributed by atoms with Gasteiger partial charge in [0.2, 0.25) is 0 Å². The van der Waals surface area contributed by atoms with E-state index in [2.05, 4.69) is 6.92 Å². The van der Waals surface area contributed by atoms with Crippen molar-refractivity contribution in [3.63, 3.8) is 0 Å². The number of alkyl halides is 4. The van der Waals surface area contributed by atoms with Gasteiger partial charge in [0.05, 0.1) is 0 Å². The Labute approximate surface area is 99.9 Å². The molecule has 0 aromatic carbocycles. The average molecular weight is 264 g/mol. The van der Waals surface area contributed by atoms with Gasteiger partial charge in [0.15, 0.2) is 8.67 Å². The maximum absolute atomic E-state index is 5.91. The maximum atomic E-state index is 5.91. The minimum absolute atomic E-state index is 0.0449. The average Bonchev–Trinajstić information content (AvgIpc) is 2.39. The Morgan fingerprint density at radius 3 is 1.85 bits per heavy atom. The van der Waals surface area contributed by atoms with Crippen LogP contribution in [0.3, 0.4) is 0 Å². The van der Waals surface area contributed by atoms with Gasteiger partial charge in [0.1, 0.15) is 0 Å². The van der Waals surface area contributed by atoms with E-state index in [9.17, 15) is 0 Å². The van der Waals surface area contributed by atoms with E-state index < -0.39 is 8.67 Å². The molecule has 0 amide bonds. The van der Waals surface area contributed by atoms with Crippen molar-refractivity contribution >= 4 is 46.4 Å². The summed E-state index contributed by atoms with van der Waals surface area (Å²) in [4.78, 5) is 0.